The summed E-state index contributed by atoms with van der Waals surface area (Å²) >= 11 is 0. The third-order valence-electron chi connectivity index (χ3n) is 2.74. The Bertz CT molecular complexity index is 444. The van der Waals surface area contributed by atoms with Crippen molar-refractivity contribution in [2.45, 2.75) is 32.7 Å². The smallest absolute Gasteiger partial charge is 0.252 e. The Morgan fingerprint density at radius 3 is 2.72 bits per heavy atom. The predicted molar refractivity (Wildman–Crippen MR) is 70.8 cm³/mol. The Hall–Kier alpha value is -2.04. The van der Waals surface area contributed by atoms with Gasteiger partial charge in [0, 0.05) is 5.56 Å². The number of nitrogens with one attached hydrogen (secondary N) is 1. The van der Waals surface area contributed by atoms with E-state index in [1.54, 1.807) is 12.1 Å². The van der Waals surface area contributed by atoms with Crippen molar-refractivity contribution in [3.05, 3.63) is 35.4 Å². The van der Waals surface area contributed by atoms with Crippen LogP contribution in [-0.2, 0) is 0 Å². The topological polar surface area (TPSA) is 87.7 Å². The van der Waals surface area contributed by atoms with Crippen LogP contribution in [-0.4, -0.2) is 23.0 Å². The van der Waals surface area contributed by atoms with Crippen molar-refractivity contribution in [2.24, 2.45) is 10.9 Å². The lowest BCUT2D eigenvalue weighted by Crippen LogP contribution is -2.44. The second-order valence-electron chi connectivity index (χ2n) is 4.15. The molecule has 1 aromatic carbocycles. The highest BCUT2D eigenvalue weighted by atomic mass is 16.4. The number of carbonyl (C=O) groups is 1. The van der Waals surface area contributed by atoms with Crippen LogP contribution in [0.25, 0.3) is 0 Å². The van der Waals surface area contributed by atoms with Crippen molar-refractivity contribution in [1.29, 1.82) is 0 Å². The summed E-state index contributed by atoms with van der Waals surface area (Å²) in [6.07, 6.45) is 1.46. The Morgan fingerprint density at radius 1 is 1.50 bits per heavy atom. The van der Waals surface area contributed by atoms with Gasteiger partial charge < -0.3 is 16.3 Å². The lowest BCUT2D eigenvalue weighted by Gasteiger charge is -2.17. The molecule has 1 unspecified atom stereocenters. The van der Waals surface area contributed by atoms with Gasteiger partial charge in [0.2, 0.25) is 0 Å². The van der Waals surface area contributed by atoms with Crippen LogP contribution < -0.4 is 11.1 Å². The molecule has 0 spiro atoms. The first-order valence-corrected chi connectivity index (χ1v) is 5.94. The van der Waals surface area contributed by atoms with Gasteiger partial charge in [-0.25, -0.2) is 0 Å². The van der Waals surface area contributed by atoms with Crippen LogP contribution in [0, 0.1) is 6.92 Å². The lowest BCUT2D eigenvalue weighted by molar-refractivity contribution is 0.0944. The quantitative estimate of drug-likeness (QED) is 0.321. The second-order valence-corrected chi connectivity index (χ2v) is 4.15. The van der Waals surface area contributed by atoms with Crippen molar-refractivity contribution in [3.8, 4) is 0 Å². The molecule has 18 heavy (non-hydrogen) atoms. The van der Waals surface area contributed by atoms with E-state index in [1.165, 1.54) is 0 Å². The monoisotopic (exact) mass is 249 g/mol. The molecule has 0 fully saturated rings. The molecule has 0 saturated carbocycles. The fraction of sp³-hybridized carbons (Fsp3) is 0.385. The van der Waals surface area contributed by atoms with E-state index in [0.717, 1.165) is 12.0 Å². The fourth-order valence-corrected chi connectivity index (χ4v) is 1.72. The predicted octanol–water partition coefficient (Wildman–Crippen LogP) is 1.64. The van der Waals surface area contributed by atoms with Gasteiger partial charge in [-0.15, -0.1) is 0 Å². The number of nitrogens with zero attached hydrogens (tertiary/aromatic N) is 1. The number of hydrogen-bond donors (Lipinski definition) is 3. The number of rotatable bonds is 5. The van der Waals surface area contributed by atoms with Crippen LogP contribution in [0.1, 0.15) is 35.7 Å². The molecular formula is C13H19N3O2. The van der Waals surface area contributed by atoms with E-state index >= 15 is 0 Å². The summed E-state index contributed by atoms with van der Waals surface area (Å²) in [5.41, 5.74) is 7.05. The van der Waals surface area contributed by atoms with Crippen LogP contribution >= 0.6 is 0 Å². The molecule has 0 aromatic heterocycles. The molecule has 0 aliphatic carbocycles. The summed E-state index contributed by atoms with van der Waals surface area (Å²) in [6.45, 7) is 3.84. The minimum absolute atomic E-state index is 0.0267. The second kappa shape index (κ2) is 6.64. The van der Waals surface area contributed by atoms with E-state index in [0.29, 0.717) is 12.0 Å². The minimum atomic E-state index is -0.438. The van der Waals surface area contributed by atoms with Crippen LogP contribution in [0.4, 0.5) is 0 Å². The number of aryl methyl sites for hydroxylation is 1. The molecule has 1 amide bonds. The van der Waals surface area contributed by atoms with E-state index < -0.39 is 6.04 Å². The van der Waals surface area contributed by atoms with Gasteiger partial charge in [0.25, 0.3) is 5.91 Å². The molecule has 0 heterocycles. The lowest BCUT2D eigenvalue weighted by atomic mass is 10.1. The maximum Gasteiger partial charge on any atom is 0.252 e. The SMILES string of the molecule is CCCC(NC(=O)c1ccccc1C)/C(N)=N/O. The largest absolute Gasteiger partial charge is 0.409 e. The Labute approximate surface area is 107 Å². The zero-order valence-corrected chi connectivity index (χ0v) is 10.7. The van der Waals surface area contributed by atoms with Crippen LogP contribution in [0.5, 0.6) is 0 Å². The van der Waals surface area contributed by atoms with Gasteiger partial charge in [0.05, 0.1) is 6.04 Å². The van der Waals surface area contributed by atoms with Gasteiger partial charge in [-0.2, -0.15) is 0 Å². The molecule has 0 aliphatic heterocycles. The number of nitrogens with two attached hydrogens (primary N) is 1. The Balaban J connectivity index is 2.82. The molecule has 5 nitrogen and oxygen atoms in total. The normalized spacial score (nSPS) is 13.1. The van der Waals surface area contributed by atoms with Crippen molar-refractivity contribution in [3.63, 3.8) is 0 Å². The van der Waals surface area contributed by atoms with E-state index in [1.807, 2.05) is 26.0 Å². The molecule has 1 atom stereocenters. The molecule has 0 radical (unpaired) electrons. The number of carbonyl (C=O) groups excluding carboxylic acids is 1. The van der Waals surface area contributed by atoms with Gasteiger partial charge in [-0.05, 0) is 25.0 Å². The summed E-state index contributed by atoms with van der Waals surface area (Å²) in [4.78, 5) is 12.1. The number of amidine groups is 1. The number of amides is 1. The van der Waals surface area contributed by atoms with E-state index in [4.69, 9.17) is 10.9 Å². The summed E-state index contributed by atoms with van der Waals surface area (Å²) in [7, 11) is 0. The standard InChI is InChI=1S/C13H19N3O2/c1-3-6-11(12(14)16-18)15-13(17)10-8-5-4-7-9(10)2/h4-5,7-8,11,18H,3,6H2,1-2H3,(H2,14,16)(H,15,17). The zero-order valence-electron chi connectivity index (χ0n) is 10.7. The van der Waals surface area contributed by atoms with E-state index in [2.05, 4.69) is 10.5 Å². The van der Waals surface area contributed by atoms with Crippen LogP contribution in [0.15, 0.2) is 29.4 Å². The van der Waals surface area contributed by atoms with Crippen LogP contribution in [0.2, 0.25) is 0 Å². The highest BCUT2D eigenvalue weighted by Gasteiger charge is 2.17. The molecule has 5 heteroatoms. The number of hydrogen-bond acceptors (Lipinski definition) is 3. The molecule has 0 saturated heterocycles. The Morgan fingerprint density at radius 2 is 2.17 bits per heavy atom. The van der Waals surface area contributed by atoms with Gasteiger partial charge in [-0.1, -0.05) is 36.7 Å². The maximum atomic E-state index is 12.1. The first-order chi connectivity index (χ1) is 8.60. The molecule has 1 rings (SSSR count). The summed E-state index contributed by atoms with van der Waals surface area (Å²) in [5, 5.41) is 14.4. The van der Waals surface area contributed by atoms with Crippen molar-refractivity contribution >= 4 is 11.7 Å². The van der Waals surface area contributed by atoms with E-state index in [-0.39, 0.29) is 11.7 Å². The average Bonchev–Trinajstić information content (AvgIpc) is 2.37. The Kier molecular flexibility index (Phi) is 5.17. The van der Waals surface area contributed by atoms with Gasteiger partial charge >= 0.3 is 0 Å². The third kappa shape index (κ3) is 3.48. The molecule has 0 bridgehead atoms. The van der Waals surface area contributed by atoms with Crippen molar-refractivity contribution in [1.82, 2.24) is 5.32 Å². The minimum Gasteiger partial charge on any atom is -0.409 e. The number of benzene rings is 1. The molecule has 98 valence electrons. The fourth-order valence-electron chi connectivity index (χ4n) is 1.72. The van der Waals surface area contributed by atoms with Gasteiger partial charge in [0.1, 0.15) is 0 Å². The maximum absolute atomic E-state index is 12.1. The molecule has 0 aliphatic rings. The van der Waals surface area contributed by atoms with Gasteiger partial charge in [-0.3, -0.25) is 4.79 Å². The third-order valence-corrected chi connectivity index (χ3v) is 2.74. The highest BCUT2D eigenvalue weighted by molar-refractivity contribution is 5.99. The first-order valence-electron chi connectivity index (χ1n) is 5.94. The highest BCUT2D eigenvalue weighted by Crippen LogP contribution is 2.08. The van der Waals surface area contributed by atoms with Gasteiger partial charge in [0.15, 0.2) is 5.84 Å². The molecular weight excluding hydrogens is 230 g/mol. The van der Waals surface area contributed by atoms with Crippen LogP contribution in [0.3, 0.4) is 0 Å². The molecule has 4 N–H and O–H groups in total. The van der Waals surface area contributed by atoms with Crippen molar-refractivity contribution in [2.75, 3.05) is 0 Å². The average molecular weight is 249 g/mol. The summed E-state index contributed by atoms with van der Waals surface area (Å²) in [6, 6.07) is 6.86. The van der Waals surface area contributed by atoms with Crippen molar-refractivity contribution < 1.29 is 10.0 Å². The summed E-state index contributed by atoms with van der Waals surface area (Å²) in [5.74, 6) is -0.183. The van der Waals surface area contributed by atoms with E-state index in [9.17, 15) is 4.79 Å². The first kappa shape index (κ1) is 14.0. The molecule has 1 aromatic rings. The zero-order chi connectivity index (χ0) is 13.5. The summed E-state index contributed by atoms with van der Waals surface area (Å²) < 4.78 is 0. The number of oxime groups is 1.